The zero-order valence-electron chi connectivity index (χ0n) is 16.6. The molecule has 0 saturated carbocycles. The fourth-order valence-corrected chi connectivity index (χ4v) is 3.73. The van der Waals surface area contributed by atoms with Crippen molar-refractivity contribution in [1.82, 2.24) is 19.7 Å². The topological polar surface area (TPSA) is 90.9 Å². The first-order valence-electron chi connectivity index (χ1n) is 10.0. The summed E-state index contributed by atoms with van der Waals surface area (Å²) in [7, 11) is 0. The molecule has 2 aromatic heterocycles. The van der Waals surface area contributed by atoms with E-state index in [-0.39, 0.29) is 17.7 Å². The van der Waals surface area contributed by atoms with Crippen LogP contribution in [-0.4, -0.2) is 39.0 Å². The van der Waals surface area contributed by atoms with Crippen molar-refractivity contribution in [2.45, 2.75) is 18.9 Å². The molecule has 1 atom stereocenters. The van der Waals surface area contributed by atoms with Gasteiger partial charge in [-0.25, -0.2) is 18.4 Å². The van der Waals surface area contributed by atoms with Crippen LogP contribution in [0.15, 0.2) is 48.5 Å². The predicted octanol–water partition coefficient (Wildman–Crippen LogP) is 3.93. The maximum absolute atomic E-state index is 14.7. The number of ether oxygens (including phenoxy) is 1. The smallest absolute Gasteiger partial charge is 0.225 e. The van der Waals surface area contributed by atoms with Gasteiger partial charge >= 0.3 is 0 Å². The third kappa shape index (κ3) is 3.68. The van der Waals surface area contributed by atoms with Crippen LogP contribution in [0.5, 0.6) is 0 Å². The molecule has 0 spiro atoms. The summed E-state index contributed by atoms with van der Waals surface area (Å²) in [4.78, 5) is 9.05. The Morgan fingerprint density at radius 3 is 2.65 bits per heavy atom. The van der Waals surface area contributed by atoms with Crippen LogP contribution in [0.1, 0.15) is 12.8 Å². The minimum atomic E-state index is -0.429. The Hall–Kier alpha value is -3.59. The van der Waals surface area contributed by atoms with Crippen molar-refractivity contribution < 1.29 is 13.5 Å². The van der Waals surface area contributed by atoms with Gasteiger partial charge in [0, 0.05) is 18.7 Å². The number of aromatic nitrogens is 4. The van der Waals surface area contributed by atoms with Crippen molar-refractivity contribution in [2.75, 3.05) is 24.2 Å². The van der Waals surface area contributed by atoms with Crippen molar-refractivity contribution in [3.05, 3.63) is 60.2 Å². The summed E-state index contributed by atoms with van der Waals surface area (Å²) in [5.41, 5.74) is 7.88. The Balaban J connectivity index is 1.65. The van der Waals surface area contributed by atoms with E-state index in [0.717, 1.165) is 19.4 Å². The summed E-state index contributed by atoms with van der Waals surface area (Å²) < 4.78 is 35.1. The quantitative estimate of drug-likeness (QED) is 0.506. The molecule has 0 bridgehead atoms. The molecule has 1 aliphatic heterocycles. The molecule has 158 valence electrons. The fourth-order valence-electron chi connectivity index (χ4n) is 3.73. The molecular weight excluding hydrogens is 402 g/mol. The van der Waals surface area contributed by atoms with E-state index in [1.807, 2.05) is 0 Å². The highest BCUT2D eigenvalue weighted by molar-refractivity contribution is 5.99. The van der Waals surface area contributed by atoms with E-state index in [1.165, 1.54) is 22.9 Å². The van der Waals surface area contributed by atoms with Crippen LogP contribution < -0.4 is 11.1 Å². The fraction of sp³-hybridized carbons (Fsp3) is 0.227. The molecule has 3 N–H and O–H groups in total. The number of nitrogens with zero attached hydrogens (tertiary/aromatic N) is 4. The highest BCUT2D eigenvalue weighted by atomic mass is 19.1. The minimum absolute atomic E-state index is 0.0815. The summed E-state index contributed by atoms with van der Waals surface area (Å²) in [5.74, 6) is -0.247. The lowest BCUT2D eigenvalue weighted by Gasteiger charge is -2.12. The molecule has 9 heteroatoms. The van der Waals surface area contributed by atoms with Crippen LogP contribution in [0.4, 0.5) is 20.5 Å². The monoisotopic (exact) mass is 422 g/mol. The highest BCUT2D eigenvalue weighted by Crippen LogP contribution is 2.34. The summed E-state index contributed by atoms with van der Waals surface area (Å²) >= 11 is 0. The van der Waals surface area contributed by atoms with Gasteiger partial charge in [0.25, 0.3) is 0 Å². The molecule has 0 amide bonds. The van der Waals surface area contributed by atoms with Gasteiger partial charge in [-0.1, -0.05) is 12.1 Å². The van der Waals surface area contributed by atoms with Crippen LogP contribution >= 0.6 is 0 Å². The molecule has 1 saturated heterocycles. The lowest BCUT2D eigenvalue weighted by molar-refractivity contribution is 0.120. The van der Waals surface area contributed by atoms with Gasteiger partial charge in [0.2, 0.25) is 5.95 Å². The normalized spacial score (nSPS) is 16.1. The Bertz CT molecular complexity index is 1230. The van der Waals surface area contributed by atoms with Gasteiger partial charge < -0.3 is 15.8 Å². The molecule has 0 aliphatic carbocycles. The highest BCUT2D eigenvalue weighted by Gasteiger charge is 2.22. The average molecular weight is 422 g/mol. The number of fused-ring (bicyclic) bond motifs is 1. The first kappa shape index (κ1) is 19.4. The number of benzene rings is 2. The number of hydrogen-bond donors (Lipinski definition) is 2. The lowest BCUT2D eigenvalue weighted by Crippen LogP contribution is -2.19. The van der Waals surface area contributed by atoms with E-state index in [1.54, 1.807) is 30.3 Å². The molecule has 1 unspecified atom stereocenters. The molecule has 31 heavy (non-hydrogen) atoms. The summed E-state index contributed by atoms with van der Waals surface area (Å²) in [6.45, 7) is 1.28. The van der Waals surface area contributed by atoms with Crippen molar-refractivity contribution >= 4 is 22.8 Å². The van der Waals surface area contributed by atoms with Gasteiger partial charge in [-0.2, -0.15) is 4.98 Å². The first-order chi connectivity index (χ1) is 15.1. The molecular formula is C22H20F2N6O. The number of nitrogens with one attached hydrogen (secondary N) is 1. The van der Waals surface area contributed by atoms with Crippen LogP contribution in [-0.2, 0) is 4.74 Å². The van der Waals surface area contributed by atoms with Gasteiger partial charge in [0.05, 0.1) is 22.9 Å². The second kappa shape index (κ2) is 7.92. The number of nitrogen functional groups attached to an aromatic ring is 1. The van der Waals surface area contributed by atoms with Gasteiger partial charge in [-0.15, -0.1) is 5.10 Å². The molecule has 0 radical (unpaired) electrons. The molecule has 3 heterocycles. The molecule has 2 aromatic carbocycles. The zero-order valence-corrected chi connectivity index (χ0v) is 16.6. The van der Waals surface area contributed by atoms with E-state index >= 15 is 0 Å². The Morgan fingerprint density at radius 2 is 1.90 bits per heavy atom. The predicted molar refractivity (Wildman–Crippen MR) is 114 cm³/mol. The number of nitrogens with two attached hydrogens (primary N) is 1. The van der Waals surface area contributed by atoms with E-state index in [4.69, 9.17) is 10.5 Å². The minimum Gasteiger partial charge on any atom is -0.383 e. The molecule has 4 aromatic rings. The van der Waals surface area contributed by atoms with Crippen molar-refractivity contribution in [1.29, 1.82) is 0 Å². The van der Waals surface area contributed by atoms with Crippen molar-refractivity contribution in [3.63, 3.8) is 0 Å². The van der Waals surface area contributed by atoms with Gasteiger partial charge in [-0.3, -0.25) is 0 Å². The molecule has 1 aliphatic rings. The van der Waals surface area contributed by atoms with E-state index in [2.05, 4.69) is 20.4 Å². The number of hydrogen-bond acceptors (Lipinski definition) is 6. The molecule has 7 nitrogen and oxygen atoms in total. The van der Waals surface area contributed by atoms with Crippen molar-refractivity contribution in [2.24, 2.45) is 0 Å². The van der Waals surface area contributed by atoms with E-state index < -0.39 is 5.82 Å². The SMILES string of the molecule is Nc1c2c(-c3ccccc3F)nc(NCC3CCCO3)nc2nn1-c1ccc(F)cc1. The molecule has 5 rings (SSSR count). The maximum Gasteiger partial charge on any atom is 0.225 e. The van der Waals surface area contributed by atoms with Crippen LogP contribution in [0.25, 0.3) is 28.0 Å². The molecule has 1 fully saturated rings. The summed E-state index contributed by atoms with van der Waals surface area (Å²) in [5, 5.41) is 8.10. The third-order valence-corrected chi connectivity index (χ3v) is 5.28. The van der Waals surface area contributed by atoms with Gasteiger partial charge in [0.1, 0.15) is 17.5 Å². The largest absolute Gasteiger partial charge is 0.383 e. The zero-order chi connectivity index (χ0) is 21.4. The Morgan fingerprint density at radius 1 is 1.10 bits per heavy atom. The van der Waals surface area contributed by atoms with Gasteiger partial charge in [0.15, 0.2) is 5.65 Å². The summed E-state index contributed by atoms with van der Waals surface area (Å²) in [6.07, 6.45) is 2.06. The van der Waals surface area contributed by atoms with E-state index in [9.17, 15) is 8.78 Å². The Kier molecular flexibility index (Phi) is 4.95. The average Bonchev–Trinajstić information content (AvgIpc) is 3.41. The number of halogens is 2. The standard InChI is InChI=1S/C22H20F2N6O/c23-13-7-9-14(10-8-13)30-20(25)18-19(16-5-1-2-6-17(16)24)27-22(28-21(18)29-30)26-12-15-4-3-11-31-15/h1-2,5-10,15H,3-4,11-12,25H2,(H,26,28,29). The van der Waals surface area contributed by atoms with Crippen LogP contribution in [0, 0.1) is 11.6 Å². The number of anilines is 2. The second-order valence-corrected chi connectivity index (χ2v) is 7.36. The van der Waals surface area contributed by atoms with E-state index in [0.29, 0.717) is 40.5 Å². The Labute approximate surface area is 176 Å². The van der Waals surface area contributed by atoms with Crippen molar-refractivity contribution in [3.8, 4) is 16.9 Å². The number of rotatable bonds is 5. The van der Waals surface area contributed by atoms with Crippen LogP contribution in [0.2, 0.25) is 0 Å². The second-order valence-electron chi connectivity index (χ2n) is 7.36. The first-order valence-corrected chi connectivity index (χ1v) is 10.0. The summed E-state index contributed by atoms with van der Waals surface area (Å²) in [6, 6.07) is 12.1. The van der Waals surface area contributed by atoms with Gasteiger partial charge in [-0.05, 0) is 49.2 Å². The maximum atomic E-state index is 14.7. The lowest BCUT2D eigenvalue weighted by atomic mass is 10.1. The third-order valence-electron chi connectivity index (χ3n) is 5.28. The van der Waals surface area contributed by atoms with Crippen LogP contribution in [0.3, 0.4) is 0 Å².